The molecule has 0 nitrogen and oxygen atoms in total. The predicted molar refractivity (Wildman–Crippen MR) is 97.7 cm³/mol. The largest absolute Gasteiger partial charge is 0.402 e. The molecule has 0 aliphatic rings. The van der Waals surface area contributed by atoms with Crippen LogP contribution in [-0.2, 0) is 0 Å². The van der Waals surface area contributed by atoms with E-state index in [0.717, 1.165) is 0 Å². The van der Waals surface area contributed by atoms with E-state index in [1.807, 2.05) is 0 Å². The number of hydrogen-bond donors (Lipinski definition) is 0. The van der Waals surface area contributed by atoms with Gasteiger partial charge in [0, 0.05) is 0 Å². The molecule has 0 fully saturated rings. The van der Waals surface area contributed by atoms with Gasteiger partial charge in [0.15, 0.2) is 5.41 Å². The lowest BCUT2D eigenvalue weighted by Gasteiger charge is -2.29. The summed E-state index contributed by atoms with van der Waals surface area (Å²) in [6.45, 7) is 8.69. The molecule has 0 unspecified atom stereocenters. The van der Waals surface area contributed by atoms with Crippen LogP contribution in [0.5, 0.6) is 0 Å². The second-order valence-corrected chi connectivity index (χ2v) is 6.79. The third-order valence-electron chi connectivity index (χ3n) is 4.27. The van der Waals surface area contributed by atoms with Crippen LogP contribution in [0, 0.1) is 33.1 Å². The van der Waals surface area contributed by atoms with Crippen molar-refractivity contribution < 1.29 is 26.3 Å². The van der Waals surface area contributed by atoms with Crippen molar-refractivity contribution in [1.82, 2.24) is 0 Å². The molecule has 0 heterocycles. The van der Waals surface area contributed by atoms with Crippen molar-refractivity contribution in [3.8, 4) is 0 Å². The summed E-state index contributed by atoms with van der Waals surface area (Å²) in [6.07, 6.45) is -10.5. The first-order chi connectivity index (χ1) is 12.1. The Bertz CT molecular complexity index is 595. The van der Waals surface area contributed by atoms with Crippen molar-refractivity contribution in [2.75, 3.05) is 0 Å². The van der Waals surface area contributed by atoms with Gasteiger partial charge in [-0.05, 0) is 63.8 Å². The number of halogens is 6. The zero-order valence-corrected chi connectivity index (χ0v) is 16.4. The molecule has 0 aromatic heterocycles. The molecule has 0 N–H and O–H groups in total. The normalized spacial score (nSPS) is 11.7. The van der Waals surface area contributed by atoms with E-state index in [-0.39, 0.29) is 13.8 Å². The topological polar surface area (TPSA) is 0 Å². The molecule has 0 aliphatic carbocycles. The number of benzene rings is 2. The van der Waals surface area contributed by atoms with Gasteiger partial charge in [0.25, 0.3) is 0 Å². The fourth-order valence-corrected chi connectivity index (χ4v) is 1.49. The standard InChI is InChI=1S/2C8H10.C5H6F6/c2*1-7-5-3-4-6-8(7)2;1-3(2,4(6,7)8)5(9,10)11/h2*3-6H,1-2H3;1-2H3. The second kappa shape index (κ2) is 9.81. The van der Waals surface area contributed by atoms with E-state index in [2.05, 4.69) is 76.2 Å². The summed E-state index contributed by atoms with van der Waals surface area (Å²) in [5, 5.41) is 0. The van der Waals surface area contributed by atoms with Crippen molar-refractivity contribution >= 4 is 0 Å². The lowest BCUT2D eigenvalue weighted by molar-refractivity contribution is -0.327. The summed E-state index contributed by atoms with van der Waals surface area (Å²) in [4.78, 5) is 0. The molecule has 2 rings (SSSR count). The average Bonchev–Trinajstić information content (AvgIpc) is 2.52. The minimum Gasteiger partial charge on any atom is -0.170 e. The molecule has 0 aliphatic heterocycles. The third kappa shape index (κ3) is 8.06. The molecule has 0 atom stereocenters. The Kier molecular flexibility index (Phi) is 9.09. The maximum Gasteiger partial charge on any atom is 0.402 e. The first-order valence-corrected chi connectivity index (χ1v) is 8.29. The zero-order chi connectivity index (χ0) is 21.5. The Balaban J connectivity index is 0.000000381. The van der Waals surface area contributed by atoms with Gasteiger partial charge in [0.05, 0.1) is 0 Å². The van der Waals surface area contributed by atoms with Crippen molar-refractivity contribution in [2.45, 2.75) is 53.9 Å². The number of aryl methyl sites for hydroxylation is 4. The van der Waals surface area contributed by atoms with Crippen molar-refractivity contribution in [2.24, 2.45) is 5.41 Å². The average molecular weight is 392 g/mol. The molecular formula is C21H26F6. The van der Waals surface area contributed by atoms with E-state index in [0.29, 0.717) is 0 Å². The van der Waals surface area contributed by atoms with E-state index in [9.17, 15) is 26.3 Å². The lowest BCUT2D eigenvalue weighted by Crippen LogP contribution is -2.44. The first kappa shape index (κ1) is 25.0. The quantitative estimate of drug-likeness (QED) is 0.402. The van der Waals surface area contributed by atoms with Crippen LogP contribution in [0.4, 0.5) is 26.3 Å². The van der Waals surface area contributed by atoms with Crippen molar-refractivity contribution in [1.29, 1.82) is 0 Å². The van der Waals surface area contributed by atoms with Crippen LogP contribution in [0.25, 0.3) is 0 Å². The molecule has 0 amide bonds. The molecule has 2 aromatic carbocycles. The molecule has 0 spiro atoms. The van der Waals surface area contributed by atoms with Crippen LogP contribution in [0.3, 0.4) is 0 Å². The van der Waals surface area contributed by atoms with Crippen LogP contribution in [0.2, 0.25) is 0 Å². The number of hydrogen-bond acceptors (Lipinski definition) is 0. The molecular weight excluding hydrogens is 366 g/mol. The predicted octanol–water partition coefficient (Wildman–Crippen LogP) is 7.74. The van der Waals surface area contributed by atoms with Crippen LogP contribution < -0.4 is 0 Å². The number of alkyl halides is 6. The summed E-state index contributed by atoms with van der Waals surface area (Å²) < 4.78 is 69.7. The van der Waals surface area contributed by atoms with E-state index in [1.165, 1.54) is 22.3 Å². The Labute approximate surface area is 157 Å². The van der Waals surface area contributed by atoms with Crippen LogP contribution >= 0.6 is 0 Å². The van der Waals surface area contributed by atoms with Crippen LogP contribution in [-0.4, -0.2) is 12.4 Å². The molecule has 0 radical (unpaired) electrons. The van der Waals surface area contributed by atoms with Gasteiger partial charge in [0.1, 0.15) is 0 Å². The molecule has 152 valence electrons. The van der Waals surface area contributed by atoms with Gasteiger partial charge in [-0.25, -0.2) is 0 Å². The summed E-state index contributed by atoms with van der Waals surface area (Å²) in [7, 11) is 0. The van der Waals surface area contributed by atoms with E-state index >= 15 is 0 Å². The van der Waals surface area contributed by atoms with Gasteiger partial charge < -0.3 is 0 Å². The minimum absolute atomic E-state index is 0.104. The summed E-state index contributed by atoms with van der Waals surface area (Å²) in [6, 6.07) is 16.7. The maximum atomic E-state index is 11.6. The monoisotopic (exact) mass is 392 g/mol. The molecule has 0 saturated carbocycles. The minimum atomic E-state index is -5.24. The fraction of sp³-hybridized carbons (Fsp3) is 0.429. The maximum absolute atomic E-state index is 11.6. The Morgan fingerprint density at radius 1 is 0.481 bits per heavy atom. The molecule has 2 aromatic rings. The molecule has 27 heavy (non-hydrogen) atoms. The van der Waals surface area contributed by atoms with Gasteiger partial charge in [0.2, 0.25) is 0 Å². The van der Waals surface area contributed by atoms with E-state index in [1.54, 1.807) is 0 Å². The highest BCUT2D eigenvalue weighted by Crippen LogP contribution is 2.49. The van der Waals surface area contributed by atoms with Gasteiger partial charge in [-0.1, -0.05) is 48.5 Å². The molecule has 0 saturated heterocycles. The first-order valence-electron chi connectivity index (χ1n) is 8.29. The number of rotatable bonds is 0. The lowest BCUT2D eigenvalue weighted by atomic mass is 9.92. The highest BCUT2D eigenvalue weighted by Gasteiger charge is 2.64. The second-order valence-electron chi connectivity index (χ2n) is 6.79. The van der Waals surface area contributed by atoms with E-state index in [4.69, 9.17) is 0 Å². The Morgan fingerprint density at radius 3 is 0.741 bits per heavy atom. The summed E-state index contributed by atoms with van der Waals surface area (Å²) >= 11 is 0. The van der Waals surface area contributed by atoms with Crippen LogP contribution in [0.1, 0.15) is 36.1 Å². The Hall–Kier alpha value is -1.98. The SMILES string of the molecule is CC(C)(C(F)(F)F)C(F)(F)F.Cc1ccccc1C.Cc1ccccc1C. The van der Waals surface area contributed by atoms with Crippen molar-refractivity contribution in [3.05, 3.63) is 70.8 Å². The fourth-order valence-electron chi connectivity index (χ4n) is 1.49. The molecule has 6 heteroatoms. The van der Waals surface area contributed by atoms with Gasteiger partial charge >= 0.3 is 12.4 Å². The van der Waals surface area contributed by atoms with Crippen molar-refractivity contribution in [3.63, 3.8) is 0 Å². The zero-order valence-electron chi connectivity index (χ0n) is 16.4. The van der Waals surface area contributed by atoms with E-state index < -0.39 is 17.8 Å². The smallest absolute Gasteiger partial charge is 0.170 e. The van der Waals surface area contributed by atoms with Gasteiger partial charge in [-0.3, -0.25) is 0 Å². The van der Waals surface area contributed by atoms with Gasteiger partial charge in [-0.2, -0.15) is 26.3 Å². The highest BCUT2D eigenvalue weighted by molar-refractivity contribution is 5.24. The Morgan fingerprint density at radius 2 is 0.667 bits per heavy atom. The summed E-state index contributed by atoms with van der Waals surface area (Å²) in [5.41, 5.74) is 1.85. The van der Waals surface area contributed by atoms with Crippen LogP contribution in [0.15, 0.2) is 48.5 Å². The summed E-state index contributed by atoms with van der Waals surface area (Å²) in [5.74, 6) is 0. The molecule has 0 bridgehead atoms. The highest BCUT2D eigenvalue weighted by atomic mass is 19.4. The van der Waals surface area contributed by atoms with Gasteiger partial charge in [-0.15, -0.1) is 0 Å². The third-order valence-corrected chi connectivity index (χ3v) is 4.27.